The summed E-state index contributed by atoms with van der Waals surface area (Å²) < 4.78 is 0. The van der Waals surface area contributed by atoms with Crippen LogP contribution in [0.4, 0.5) is 0 Å². The predicted molar refractivity (Wildman–Crippen MR) is 60.9 cm³/mol. The second-order valence-electron chi connectivity index (χ2n) is 4.36. The second kappa shape index (κ2) is 6.38. The lowest BCUT2D eigenvalue weighted by atomic mass is 10.1. The average Bonchev–Trinajstić information content (AvgIpc) is 3.01. The second-order valence-corrected chi connectivity index (χ2v) is 4.36. The van der Waals surface area contributed by atoms with E-state index >= 15 is 0 Å². The highest BCUT2D eigenvalue weighted by atomic mass is 15.2. The molecule has 0 radical (unpaired) electrons. The van der Waals surface area contributed by atoms with Crippen LogP contribution < -0.4 is 11.3 Å². The predicted octanol–water partition coefficient (Wildman–Crippen LogP) is 1.35. The summed E-state index contributed by atoms with van der Waals surface area (Å²) in [6.45, 7) is 7.91. The minimum atomic E-state index is 0.531. The molecule has 0 aliphatic heterocycles. The van der Waals surface area contributed by atoms with E-state index in [0.29, 0.717) is 6.04 Å². The van der Waals surface area contributed by atoms with Gasteiger partial charge in [0.25, 0.3) is 0 Å². The first-order valence-electron chi connectivity index (χ1n) is 5.98. The highest BCUT2D eigenvalue weighted by molar-refractivity contribution is 4.79. The number of hydrogen-bond donors (Lipinski definition) is 2. The molecule has 1 rings (SSSR count). The Kier molecular flexibility index (Phi) is 5.45. The summed E-state index contributed by atoms with van der Waals surface area (Å²) in [5.41, 5.74) is 2.95. The normalized spacial score (nSPS) is 18.9. The molecule has 1 fully saturated rings. The largest absolute Gasteiger partial charge is 0.304 e. The van der Waals surface area contributed by atoms with E-state index < -0.39 is 0 Å². The molecule has 1 unspecified atom stereocenters. The minimum absolute atomic E-state index is 0.531. The van der Waals surface area contributed by atoms with E-state index in [4.69, 9.17) is 5.84 Å². The molecular formula is C11H25N3. The molecule has 0 amide bonds. The van der Waals surface area contributed by atoms with Crippen molar-refractivity contribution in [3.8, 4) is 0 Å². The molecule has 0 aromatic heterocycles. The Hall–Kier alpha value is -0.120. The molecule has 0 saturated heterocycles. The van der Waals surface area contributed by atoms with Crippen LogP contribution in [0.3, 0.4) is 0 Å². The Labute approximate surface area is 88.0 Å². The summed E-state index contributed by atoms with van der Waals surface area (Å²) in [4.78, 5) is 2.46. The van der Waals surface area contributed by atoms with Crippen molar-refractivity contribution in [2.45, 2.75) is 45.6 Å². The molecule has 1 aliphatic rings. The van der Waals surface area contributed by atoms with Crippen LogP contribution in [0.1, 0.15) is 39.5 Å². The van der Waals surface area contributed by atoms with Crippen molar-refractivity contribution in [3.63, 3.8) is 0 Å². The van der Waals surface area contributed by atoms with Crippen LogP contribution in [0.5, 0.6) is 0 Å². The zero-order chi connectivity index (χ0) is 10.4. The molecule has 3 nitrogen and oxygen atoms in total. The number of hydrazine groups is 1. The van der Waals surface area contributed by atoms with Crippen LogP contribution in [-0.2, 0) is 0 Å². The minimum Gasteiger partial charge on any atom is -0.304 e. The molecule has 1 aliphatic carbocycles. The highest BCUT2D eigenvalue weighted by Crippen LogP contribution is 2.33. The molecule has 84 valence electrons. The van der Waals surface area contributed by atoms with Crippen molar-refractivity contribution in [1.82, 2.24) is 10.3 Å². The van der Waals surface area contributed by atoms with E-state index in [-0.39, 0.29) is 0 Å². The molecular weight excluding hydrogens is 174 g/mol. The average molecular weight is 199 g/mol. The maximum atomic E-state index is 5.55. The summed E-state index contributed by atoms with van der Waals surface area (Å²) in [5, 5.41) is 0. The van der Waals surface area contributed by atoms with Gasteiger partial charge in [0.05, 0.1) is 0 Å². The molecule has 0 aromatic rings. The van der Waals surface area contributed by atoms with Gasteiger partial charge in [-0.05, 0) is 38.4 Å². The van der Waals surface area contributed by atoms with Crippen LogP contribution in [0.2, 0.25) is 0 Å². The third-order valence-electron chi connectivity index (χ3n) is 3.24. The van der Waals surface area contributed by atoms with Gasteiger partial charge in [0.2, 0.25) is 0 Å². The Balaban J connectivity index is 2.11. The van der Waals surface area contributed by atoms with Gasteiger partial charge in [-0.2, -0.15) is 0 Å². The standard InChI is InChI=1S/C11H25N3/c1-3-14(4-2)8-7-11(13-12)9-10-5-6-10/h10-11,13H,3-9,12H2,1-2H3. The SMILES string of the molecule is CCN(CC)CCC(CC1CC1)NN. The van der Waals surface area contributed by atoms with E-state index in [2.05, 4.69) is 24.2 Å². The number of rotatable bonds is 8. The molecule has 0 heterocycles. The maximum absolute atomic E-state index is 5.55. The van der Waals surface area contributed by atoms with Gasteiger partial charge in [0, 0.05) is 6.04 Å². The smallest absolute Gasteiger partial charge is 0.0225 e. The number of nitrogens with zero attached hydrogens (tertiary/aromatic N) is 1. The quantitative estimate of drug-likeness (QED) is 0.458. The van der Waals surface area contributed by atoms with Gasteiger partial charge in [-0.15, -0.1) is 0 Å². The molecule has 3 N–H and O–H groups in total. The van der Waals surface area contributed by atoms with Gasteiger partial charge >= 0.3 is 0 Å². The number of nitrogens with one attached hydrogen (secondary N) is 1. The molecule has 0 spiro atoms. The topological polar surface area (TPSA) is 41.3 Å². The van der Waals surface area contributed by atoms with Crippen molar-refractivity contribution in [2.24, 2.45) is 11.8 Å². The summed E-state index contributed by atoms with van der Waals surface area (Å²) >= 11 is 0. The van der Waals surface area contributed by atoms with E-state index in [1.165, 1.54) is 32.2 Å². The van der Waals surface area contributed by atoms with Gasteiger partial charge in [0.15, 0.2) is 0 Å². The number of hydrogen-bond acceptors (Lipinski definition) is 3. The van der Waals surface area contributed by atoms with Gasteiger partial charge in [-0.1, -0.05) is 26.7 Å². The van der Waals surface area contributed by atoms with Gasteiger partial charge < -0.3 is 4.90 Å². The zero-order valence-corrected chi connectivity index (χ0v) is 9.63. The van der Waals surface area contributed by atoms with Crippen molar-refractivity contribution in [2.75, 3.05) is 19.6 Å². The molecule has 3 heteroatoms. The summed E-state index contributed by atoms with van der Waals surface area (Å²) in [7, 11) is 0. The van der Waals surface area contributed by atoms with E-state index in [1.807, 2.05) is 0 Å². The molecule has 1 saturated carbocycles. The van der Waals surface area contributed by atoms with Gasteiger partial charge in [-0.3, -0.25) is 11.3 Å². The summed E-state index contributed by atoms with van der Waals surface area (Å²) in [6, 6.07) is 0.531. The first kappa shape index (κ1) is 12.0. The third-order valence-corrected chi connectivity index (χ3v) is 3.24. The van der Waals surface area contributed by atoms with E-state index in [1.54, 1.807) is 0 Å². The first-order chi connectivity index (χ1) is 6.80. The van der Waals surface area contributed by atoms with Gasteiger partial charge in [-0.25, -0.2) is 0 Å². The van der Waals surface area contributed by atoms with E-state index in [0.717, 1.165) is 19.0 Å². The van der Waals surface area contributed by atoms with Crippen molar-refractivity contribution >= 4 is 0 Å². The van der Waals surface area contributed by atoms with Crippen LogP contribution in [0.25, 0.3) is 0 Å². The van der Waals surface area contributed by atoms with Crippen LogP contribution >= 0.6 is 0 Å². The number of nitrogens with two attached hydrogens (primary N) is 1. The monoisotopic (exact) mass is 199 g/mol. The zero-order valence-electron chi connectivity index (χ0n) is 9.63. The van der Waals surface area contributed by atoms with Crippen LogP contribution in [-0.4, -0.2) is 30.6 Å². The molecule has 0 aromatic carbocycles. The summed E-state index contributed by atoms with van der Waals surface area (Å²) in [5.74, 6) is 6.51. The van der Waals surface area contributed by atoms with Crippen LogP contribution in [0, 0.1) is 5.92 Å². The molecule has 14 heavy (non-hydrogen) atoms. The van der Waals surface area contributed by atoms with Gasteiger partial charge in [0.1, 0.15) is 0 Å². The Morgan fingerprint density at radius 3 is 2.43 bits per heavy atom. The fourth-order valence-corrected chi connectivity index (χ4v) is 1.90. The van der Waals surface area contributed by atoms with Crippen molar-refractivity contribution in [1.29, 1.82) is 0 Å². The van der Waals surface area contributed by atoms with Crippen molar-refractivity contribution < 1.29 is 0 Å². The van der Waals surface area contributed by atoms with E-state index in [9.17, 15) is 0 Å². The lowest BCUT2D eigenvalue weighted by Crippen LogP contribution is -2.38. The highest BCUT2D eigenvalue weighted by Gasteiger charge is 2.24. The fourth-order valence-electron chi connectivity index (χ4n) is 1.90. The first-order valence-corrected chi connectivity index (χ1v) is 5.98. The Bertz CT molecular complexity index is 141. The summed E-state index contributed by atoms with van der Waals surface area (Å²) in [6.07, 6.45) is 5.30. The lowest BCUT2D eigenvalue weighted by molar-refractivity contribution is 0.275. The van der Waals surface area contributed by atoms with Crippen molar-refractivity contribution in [3.05, 3.63) is 0 Å². The lowest BCUT2D eigenvalue weighted by Gasteiger charge is -2.22. The Morgan fingerprint density at radius 1 is 1.36 bits per heavy atom. The molecule has 1 atom stereocenters. The third kappa shape index (κ3) is 4.40. The molecule has 0 bridgehead atoms. The Morgan fingerprint density at radius 2 is 2.00 bits per heavy atom. The maximum Gasteiger partial charge on any atom is 0.0225 e. The fraction of sp³-hybridized carbons (Fsp3) is 1.00. The van der Waals surface area contributed by atoms with Crippen LogP contribution in [0.15, 0.2) is 0 Å².